The van der Waals surface area contributed by atoms with Crippen LogP contribution in [0.25, 0.3) is 0 Å². The maximum atomic E-state index is 13.0. The quantitative estimate of drug-likeness (QED) is 0.640. The van der Waals surface area contributed by atoms with Gasteiger partial charge in [0.25, 0.3) is 5.91 Å². The third-order valence-electron chi connectivity index (χ3n) is 4.32. The zero-order valence-corrected chi connectivity index (χ0v) is 15.6. The topological polar surface area (TPSA) is 65.3 Å². The highest BCUT2D eigenvalue weighted by atomic mass is 16.5. The van der Waals surface area contributed by atoms with Crippen molar-refractivity contribution in [2.45, 2.75) is 47.5 Å². The maximum Gasteiger partial charge on any atom is 0.265 e. The Morgan fingerprint density at radius 2 is 1.96 bits per heavy atom. The molecule has 1 heterocycles. The van der Waals surface area contributed by atoms with Crippen molar-refractivity contribution in [2.24, 2.45) is 0 Å². The molecular formula is C20H26N2O3. The number of aromatic nitrogens is 1. The van der Waals surface area contributed by atoms with E-state index < -0.39 is 0 Å². The van der Waals surface area contributed by atoms with Crippen molar-refractivity contribution in [2.75, 3.05) is 11.9 Å². The van der Waals surface area contributed by atoms with Gasteiger partial charge in [-0.2, -0.15) is 4.73 Å². The fourth-order valence-electron chi connectivity index (χ4n) is 2.74. The van der Waals surface area contributed by atoms with E-state index in [-0.39, 0.29) is 5.91 Å². The van der Waals surface area contributed by atoms with Crippen molar-refractivity contribution in [1.29, 1.82) is 0 Å². The molecule has 0 saturated heterocycles. The molecule has 2 aromatic rings. The van der Waals surface area contributed by atoms with E-state index in [1.54, 1.807) is 13.0 Å². The monoisotopic (exact) mass is 342 g/mol. The van der Waals surface area contributed by atoms with Gasteiger partial charge >= 0.3 is 0 Å². The zero-order chi connectivity index (χ0) is 18.6. The fourth-order valence-corrected chi connectivity index (χ4v) is 2.74. The number of benzene rings is 1. The number of aryl methyl sites for hydroxylation is 2. The number of hydrogen-bond acceptors (Lipinski definition) is 3. The van der Waals surface area contributed by atoms with Gasteiger partial charge in [-0.05, 0) is 37.5 Å². The van der Waals surface area contributed by atoms with E-state index in [2.05, 4.69) is 5.32 Å². The fraction of sp³-hybridized carbons (Fsp3) is 0.400. The molecule has 1 amide bonds. The Labute approximate surface area is 149 Å². The minimum Gasteiger partial charge on any atom is -0.618 e. The molecule has 0 bridgehead atoms. The Morgan fingerprint density at radius 1 is 1.24 bits per heavy atom. The van der Waals surface area contributed by atoms with Crippen LogP contribution in [0.15, 0.2) is 24.3 Å². The number of carbonyl (C=O) groups excluding carboxylic acids is 1. The molecule has 0 aliphatic carbocycles. The number of carbonyl (C=O) groups is 1. The van der Waals surface area contributed by atoms with Crippen molar-refractivity contribution < 1.29 is 14.3 Å². The summed E-state index contributed by atoms with van der Waals surface area (Å²) in [7, 11) is 0. The highest BCUT2D eigenvalue weighted by Crippen LogP contribution is 2.25. The van der Waals surface area contributed by atoms with E-state index in [0.29, 0.717) is 35.7 Å². The summed E-state index contributed by atoms with van der Waals surface area (Å²) >= 11 is 0. The molecule has 0 aliphatic rings. The summed E-state index contributed by atoms with van der Waals surface area (Å²) in [6.07, 6.45) is 1.27. The van der Waals surface area contributed by atoms with Gasteiger partial charge in [0.05, 0.1) is 6.61 Å². The van der Waals surface area contributed by atoms with E-state index in [4.69, 9.17) is 4.74 Å². The lowest BCUT2D eigenvalue weighted by atomic mass is 10.1. The number of rotatable bonds is 6. The van der Waals surface area contributed by atoms with Gasteiger partial charge in [-0.1, -0.05) is 26.0 Å². The largest absolute Gasteiger partial charge is 0.618 e. The summed E-state index contributed by atoms with van der Waals surface area (Å²) in [5, 5.41) is 15.3. The van der Waals surface area contributed by atoms with E-state index in [9.17, 15) is 10.0 Å². The van der Waals surface area contributed by atoms with Gasteiger partial charge in [0.1, 0.15) is 11.3 Å². The van der Waals surface area contributed by atoms with Gasteiger partial charge in [-0.15, -0.1) is 0 Å². The van der Waals surface area contributed by atoms with Crippen LogP contribution in [0.4, 0.5) is 5.69 Å². The number of amides is 1. The molecule has 5 nitrogen and oxygen atoms in total. The summed E-state index contributed by atoms with van der Waals surface area (Å²) in [6, 6.07) is 7.39. The van der Waals surface area contributed by atoms with Crippen molar-refractivity contribution in [3.8, 4) is 5.75 Å². The van der Waals surface area contributed by atoms with Crippen LogP contribution in [0.1, 0.15) is 53.1 Å². The second-order valence-electron chi connectivity index (χ2n) is 6.17. The maximum absolute atomic E-state index is 13.0. The molecule has 1 N–H and O–H groups in total. The first-order valence-electron chi connectivity index (χ1n) is 8.67. The summed E-state index contributed by atoms with van der Waals surface area (Å²) < 4.78 is 6.58. The Morgan fingerprint density at radius 3 is 2.60 bits per heavy atom. The second-order valence-corrected chi connectivity index (χ2v) is 6.17. The van der Waals surface area contributed by atoms with E-state index in [1.165, 1.54) is 0 Å². The molecular weight excluding hydrogens is 316 g/mol. The molecule has 0 saturated carbocycles. The number of anilines is 1. The minimum atomic E-state index is -0.318. The summed E-state index contributed by atoms with van der Waals surface area (Å²) in [4.78, 5) is 13.0. The lowest BCUT2D eigenvalue weighted by molar-refractivity contribution is -0.620. The lowest BCUT2D eigenvalue weighted by Crippen LogP contribution is -2.38. The number of nitrogens with one attached hydrogen (secondary N) is 1. The molecule has 0 aliphatic heterocycles. The molecule has 5 heteroatoms. The SMILES string of the molecule is CCCOc1cc(C)[n+]([O-])c(CC)c1C(=O)Nc1cccc(C)c1C. The van der Waals surface area contributed by atoms with Crippen molar-refractivity contribution in [1.82, 2.24) is 0 Å². The van der Waals surface area contributed by atoms with Gasteiger partial charge in [0.2, 0.25) is 5.69 Å². The summed E-state index contributed by atoms with van der Waals surface area (Å²) in [5.41, 5.74) is 4.11. The van der Waals surface area contributed by atoms with Crippen molar-refractivity contribution >= 4 is 11.6 Å². The normalized spacial score (nSPS) is 10.6. The highest BCUT2D eigenvalue weighted by molar-refractivity contribution is 6.07. The van der Waals surface area contributed by atoms with Crippen LogP contribution >= 0.6 is 0 Å². The zero-order valence-electron chi connectivity index (χ0n) is 15.6. The van der Waals surface area contributed by atoms with E-state index in [1.807, 2.05) is 45.9 Å². The second kappa shape index (κ2) is 8.01. The van der Waals surface area contributed by atoms with Gasteiger partial charge in [-0.25, -0.2) is 0 Å². The Balaban J connectivity index is 2.49. The smallest absolute Gasteiger partial charge is 0.265 e. The molecule has 1 aromatic heterocycles. The first-order valence-corrected chi connectivity index (χ1v) is 8.67. The Hall–Kier alpha value is -2.56. The third-order valence-corrected chi connectivity index (χ3v) is 4.32. The first kappa shape index (κ1) is 18.8. The molecule has 25 heavy (non-hydrogen) atoms. The van der Waals surface area contributed by atoms with Gasteiger partial charge < -0.3 is 15.3 Å². The van der Waals surface area contributed by atoms with Crippen LogP contribution < -0.4 is 14.8 Å². The molecule has 0 atom stereocenters. The lowest BCUT2D eigenvalue weighted by Gasteiger charge is -2.17. The molecule has 0 spiro atoms. The van der Waals surface area contributed by atoms with Crippen LogP contribution in [0.2, 0.25) is 0 Å². The molecule has 1 aromatic carbocycles. The van der Waals surface area contributed by atoms with Crippen molar-refractivity contribution in [3.63, 3.8) is 0 Å². The molecule has 134 valence electrons. The van der Waals surface area contributed by atoms with Gasteiger partial charge in [0.15, 0.2) is 5.69 Å². The average molecular weight is 342 g/mol. The summed E-state index contributed by atoms with van der Waals surface area (Å²) in [5.74, 6) is 0.146. The third kappa shape index (κ3) is 3.92. The molecule has 0 unspecified atom stereocenters. The standard InChI is InChI=1S/C20H26N2O3/c1-6-11-25-18-12-14(4)22(24)17(7-2)19(18)20(23)21-16-10-8-9-13(3)15(16)5/h8-10,12H,6-7,11H2,1-5H3,(H,21,23). The molecule has 0 radical (unpaired) electrons. The Bertz CT molecular complexity index is 785. The highest BCUT2D eigenvalue weighted by Gasteiger charge is 2.26. The number of ether oxygens (including phenoxy) is 1. The van der Waals surface area contributed by atoms with Gasteiger partial charge in [0, 0.05) is 25.1 Å². The number of hydrogen-bond donors (Lipinski definition) is 1. The average Bonchev–Trinajstić information content (AvgIpc) is 2.59. The van der Waals surface area contributed by atoms with Crippen LogP contribution in [0.3, 0.4) is 0 Å². The number of pyridine rings is 1. The van der Waals surface area contributed by atoms with Gasteiger partial charge in [-0.3, -0.25) is 4.79 Å². The first-order chi connectivity index (χ1) is 11.9. The predicted octanol–water partition coefficient (Wildman–Crippen LogP) is 3.85. The van der Waals surface area contributed by atoms with Crippen LogP contribution in [0, 0.1) is 26.0 Å². The van der Waals surface area contributed by atoms with Crippen LogP contribution in [0.5, 0.6) is 5.75 Å². The molecule has 2 rings (SSSR count). The van der Waals surface area contributed by atoms with E-state index >= 15 is 0 Å². The minimum absolute atomic E-state index is 0.317. The van der Waals surface area contributed by atoms with E-state index in [0.717, 1.165) is 28.0 Å². The summed E-state index contributed by atoms with van der Waals surface area (Å²) in [6.45, 7) is 10.0. The van der Waals surface area contributed by atoms with Crippen LogP contribution in [-0.2, 0) is 6.42 Å². The predicted molar refractivity (Wildman–Crippen MR) is 99.2 cm³/mol. The Kier molecular flexibility index (Phi) is 6.02. The molecule has 0 fully saturated rings. The van der Waals surface area contributed by atoms with Crippen molar-refractivity contribution in [3.05, 3.63) is 57.6 Å². The van der Waals surface area contributed by atoms with Crippen LogP contribution in [-0.4, -0.2) is 12.5 Å². The number of nitrogens with zero attached hydrogens (tertiary/aromatic N) is 1.